The van der Waals surface area contributed by atoms with Gasteiger partial charge in [0, 0.05) is 23.8 Å². The van der Waals surface area contributed by atoms with Gasteiger partial charge in [-0.3, -0.25) is 10.00 Å². The number of nitrogens with one attached hydrogen (secondary N) is 2. The summed E-state index contributed by atoms with van der Waals surface area (Å²) >= 11 is 16.9. The van der Waals surface area contributed by atoms with Crippen molar-refractivity contribution < 1.29 is 24.3 Å². The van der Waals surface area contributed by atoms with Crippen LogP contribution in [0, 0.1) is 10.8 Å². The molecular formula is C20H31Cl3N5O4+. The van der Waals surface area contributed by atoms with Crippen LogP contribution in [0.25, 0.3) is 0 Å². The lowest BCUT2D eigenvalue weighted by atomic mass is 9.90. The number of hydrogen-bond acceptors (Lipinski definition) is 6. The Morgan fingerprint density at radius 2 is 2.16 bits per heavy atom. The highest BCUT2D eigenvalue weighted by Gasteiger charge is 2.24. The maximum atomic E-state index is 12.1. The smallest absolute Gasteiger partial charge is 0.415 e. The number of hydrogen-bond donors (Lipinski definition) is 3. The minimum Gasteiger partial charge on any atom is -0.445 e. The lowest BCUT2D eigenvalue weighted by Crippen LogP contribution is -2.79. The monoisotopic (exact) mass is 510 g/mol. The molecule has 0 aliphatic carbocycles. The fourth-order valence-corrected chi connectivity index (χ4v) is 2.83. The Balaban J connectivity index is 1.96. The lowest BCUT2D eigenvalue weighted by Gasteiger charge is -2.22. The van der Waals surface area contributed by atoms with E-state index in [2.05, 4.69) is 10.4 Å². The van der Waals surface area contributed by atoms with Crippen LogP contribution in [-0.4, -0.2) is 51.5 Å². The van der Waals surface area contributed by atoms with Crippen LogP contribution in [-0.2, 0) is 20.8 Å². The van der Waals surface area contributed by atoms with Gasteiger partial charge in [-0.05, 0) is 19.3 Å². The number of amides is 1. The molecule has 9 nitrogen and oxygen atoms in total. The van der Waals surface area contributed by atoms with Gasteiger partial charge in [-0.1, -0.05) is 55.6 Å². The molecule has 1 atom stereocenters. The molecule has 1 aliphatic rings. The first-order valence-electron chi connectivity index (χ1n) is 10.3. The number of alkyl halides is 3. The molecule has 1 saturated heterocycles. The van der Waals surface area contributed by atoms with Crippen molar-refractivity contribution >= 4 is 52.3 Å². The minimum absolute atomic E-state index is 0.147. The van der Waals surface area contributed by atoms with E-state index in [0.717, 1.165) is 31.6 Å². The van der Waals surface area contributed by atoms with E-state index in [1.807, 2.05) is 27.0 Å². The number of alkyl carbamates (subject to hydrolysis) is 1. The van der Waals surface area contributed by atoms with Gasteiger partial charge in [-0.15, -0.1) is 0 Å². The number of ether oxygens (including phenoxy) is 3. The fourth-order valence-electron chi connectivity index (χ4n) is 2.66. The largest absolute Gasteiger partial charge is 0.445 e. The predicted molar refractivity (Wildman–Crippen MR) is 123 cm³/mol. The van der Waals surface area contributed by atoms with Crippen molar-refractivity contribution in [1.29, 1.82) is 5.41 Å². The average molecular weight is 512 g/mol. The Labute approximate surface area is 203 Å². The average Bonchev–Trinajstić information content (AvgIpc) is 3.13. The van der Waals surface area contributed by atoms with Gasteiger partial charge in [-0.25, -0.2) is 10.1 Å². The minimum atomic E-state index is -1.71. The van der Waals surface area contributed by atoms with Gasteiger partial charge in [-0.2, -0.15) is 5.10 Å². The number of carbonyl (C=O) groups is 1. The van der Waals surface area contributed by atoms with Crippen LogP contribution < -0.4 is 10.6 Å². The van der Waals surface area contributed by atoms with Crippen LogP contribution >= 0.6 is 34.8 Å². The number of allylic oxidation sites excluding steroid dienone is 1. The van der Waals surface area contributed by atoms with Crippen molar-refractivity contribution in [3.8, 4) is 0 Å². The highest BCUT2D eigenvalue weighted by Crippen LogP contribution is 2.25. The Kier molecular flexibility index (Phi) is 10.3. The highest BCUT2D eigenvalue weighted by atomic mass is 35.6. The van der Waals surface area contributed by atoms with Gasteiger partial charge < -0.3 is 19.6 Å². The SMILES string of the molecule is CC(C)(C)C(=N)C=C(NC(=O)OCC(Cl)(Cl)Cl)[NH2+]c1cnn(CCOC2CCCCO2)c1. The van der Waals surface area contributed by atoms with Gasteiger partial charge in [0.2, 0.25) is 9.61 Å². The summed E-state index contributed by atoms with van der Waals surface area (Å²) < 4.78 is 16.2. The second-order valence-electron chi connectivity index (χ2n) is 8.43. The van der Waals surface area contributed by atoms with Crippen molar-refractivity contribution in [1.82, 2.24) is 15.1 Å². The molecule has 2 rings (SSSR count). The quantitative estimate of drug-likeness (QED) is 0.346. The third kappa shape index (κ3) is 10.5. The van der Waals surface area contributed by atoms with E-state index < -0.39 is 21.9 Å². The molecule has 180 valence electrons. The third-order valence-corrected chi connectivity index (χ3v) is 4.79. The zero-order valence-corrected chi connectivity index (χ0v) is 20.8. The number of nitrogens with zero attached hydrogens (tertiary/aromatic N) is 2. The molecule has 0 spiro atoms. The van der Waals surface area contributed by atoms with E-state index in [9.17, 15) is 4.79 Å². The van der Waals surface area contributed by atoms with Crippen LogP contribution in [0.15, 0.2) is 24.3 Å². The lowest BCUT2D eigenvalue weighted by molar-refractivity contribution is -0.522. The van der Waals surface area contributed by atoms with Gasteiger partial charge in [0.25, 0.3) is 0 Å². The second-order valence-corrected chi connectivity index (χ2v) is 10.9. The normalized spacial score (nSPS) is 17.8. The van der Waals surface area contributed by atoms with E-state index in [1.165, 1.54) is 0 Å². The summed E-state index contributed by atoms with van der Waals surface area (Å²) in [6.07, 6.45) is 7.17. The Bertz CT molecular complexity index is 796. The third-order valence-electron chi connectivity index (χ3n) is 4.46. The number of quaternary nitrogens is 1. The van der Waals surface area contributed by atoms with Crippen molar-refractivity contribution in [2.45, 2.75) is 56.7 Å². The summed E-state index contributed by atoms with van der Waals surface area (Å²) in [5.41, 5.74) is 0.637. The molecule has 1 aromatic heterocycles. The van der Waals surface area contributed by atoms with E-state index in [1.54, 1.807) is 22.3 Å². The maximum absolute atomic E-state index is 12.1. The summed E-state index contributed by atoms with van der Waals surface area (Å²) in [5.74, 6) is 0.352. The number of aromatic nitrogens is 2. The molecule has 0 saturated carbocycles. The standard InChI is InChI=1S/C20H30Cl3N5O4/c1-19(2,3)15(24)10-16(27-18(29)32-13-20(21,22)23)26-14-11-25-28(12-14)7-9-31-17-6-4-5-8-30-17/h10-12,17,24,26H,4-9,13H2,1-3H3,(H,27,29)/p+1. The van der Waals surface area contributed by atoms with Crippen LogP contribution in [0.2, 0.25) is 0 Å². The van der Waals surface area contributed by atoms with Crippen LogP contribution in [0.4, 0.5) is 10.5 Å². The summed E-state index contributed by atoms with van der Waals surface area (Å²) in [7, 11) is 0. The molecule has 1 fully saturated rings. The Morgan fingerprint density at radius 3 is 2.78 bits per heavy atom. The van der Waals surface area contributed by atoms with E-state index in [-0.39, 0.29) is 6.29 Å². The highest BCUT2D eigenvalue weighted by molar-refractivity contribution is 6.67. The molecule has 0 aromatic carbocycles. The fraction of sp³-hybridized carbons (Fsp3) is 0.650. The van der Waals surface area contributed by atoms with Crippen molar-refractivity contribution in [3.63, 3.8) is 0 Å². The summed E-state index contributed by atoms with van der Waals surface area (Å²) in [6, 6.07) is 0. The van der Waals surface area contributed by atoms with E-state index in [4.69, 9.17) is 54.4 Å². The summed E-state index contributed by atoms with van der Waals surface area (Å²) in [6.45, 7) is 7.07. The van der Waals surface area contributed by atoms with Crippen molar-refractivity contribution in [3.05, 3.63) is 24.3 Å². The first kappa shape index (κ1) is 26.9. The zero-order valence-electron chi connectivity index (χ0n) is 18.5. The second kappa shape index (κ2) is 12.2. The first-order chi connectivity index (χ1) is 14.9. The van der Waals surface area contributed by atoms with Gasteiger partial charge in [0.05, 0.1) is 19.3 Å². The molecule has 2 heterocycles. The summed E-state index contributed by atoms with van der Waals surface area (Å²) in [5, 5.41) is 16.9. The van der Waals surface area contributed by atoms with Crippen LogP contribution in [0.3, 0.4) is 0 Å². The number of rotatable bonds is 9. The van der Waals surface area contributed by atoms with E-state index >= 15 is 0 Å². The zero-order chi connectivity index (χ0) is 23.8. The first-order valence-corrected chi connectivity index (χ1v) is 11.5. The number of nitrogens with two attached hydrogens (primary N) is 1. The van der Waals surface area contributed by atoms with Gasteiger partial charge in [0.1, 0.15) is 12.8 Å². The van der Waals surface area contributed by atoms with Crippen molar-refractivity contribution in [2.75, 3.05) is 19.8 Å². The van der Waals surface area contributed by atoms with Gasteiger partial charge >= 0.3 is 6.09 Å². The van der Waals surface area contributed by atoms with Crippen molar-refractivity contribution in [2.24, 2.45) is 5.41 Å². The van der Waals surface area contributed by atoms with Crippen LogP contribution in [0.1, 0.15) is 40.0 Å². The molecular weight excluding hydrogens is 481 g/mol. The maximum Gasteiger partial charge on any atom is 0.415 e. The Hall–Kier alpha value is -1.36. The molecule has 1 aromatic rings. The molecule has 12 heteroatoms. The Morgan fingerprint density at radius 1 is 1.41 bits per heavy atom. The van der Waals surface area contributed by atoms with Gasteiger partial charge in [0.15, 0.2) is 12.0 Å². The molecule has 1 amide bonds. The molecule has 1 aliphatic heterocycles. The molecule has 4 N–H and O–H groups in total. The topological polar surface area (TPSA) is 115 Å². The van der Waals surface area contributed by atoms with E-state index in [0.29, 0.717) is 24.7 Å². The van der Waals surface area contributed by atoms with Crippen LogP contribution in [0.5, 0.6) is 0 Å². The molecule has 0 bridgehead atoms. The number of halogens is 3. The molecule has 0 radical (unpaired) electrons. The number of carbonyl (C=O) groups excluding carboxylic acids is 1. The molecule has 32 heavy (non-hydrogen) atoms. The molecule has 1 unspecified atom stereocenters. The predicted octanol–water partition coefficient (Wildman–Crippen LogP) is 3.62. The summed E-state index contributed by atoms with van der Waals surface area (Å²) in [4.78, 5) is 12.1.